The van der Waals surface area contributed by atoms with Crippen LogP contribution in [0, 0.1) is 0 Å². The first-order valence-corrected chi connectivity index (χ1v) is 54.5. The Morgan fingerprint density at radius 2 is 0.741 bits per heavy atom. The van der Waals surface area contributed by atoms with Crippen molar-refractivity contribution in [3.8, 4) is 0 Å². The van der Waals surface area contributed by atoms with Crippen LogP contribution >= 0.6 is 46.4 Å². The minimum atomic E-state index is -2.18. The minimum absolute atomic E-state index is 0.0250. The number of alkyl carbamates (subject to hydrolysis) is 1. The molecule has 0 saturated carbocycles. The molecule has 0 aromatic heterocycles. The summed E-state index contributed by atoms with van der Waals surface area (Å²) in [5, 5.41) is 7.21. The molecule has 8 aliphatic rings. The molecule has 10 aromatic rings. The lowest BCUT2D eigenvalue weighted by atomic mass is 9.92. The Hall–Kier alpha value is -9.78. The molecule has 1 amide bonds. The SMILES string of the molecule is C[Si](C)(C)CCO[C@@H]1O[C@H](COCc2ccccc2)[C@@H](O[C@@H]2O[C@H](COCc3ccccc3)[C@H](O[C@H]3O[C@@H]4CO[C@H](c5ccccc5)O[C@@H]4[C@H](O[C@@H]4O[C@@H]5CO[C@H](c6ccccc6)O[C@@H]5[C@H](O[C@H]5O[C@@H]6CO[C@H](c7ccccc7)O[C@@H]6[C@H](OC(=O)CCl)[C@H]5N=[N+]=[N-])[C@H]4NC(=O)OCC(Cl)(Cl)Cl)[C@H]3OCc3ccccc3)[C@H](OCc3ccccc3)[C@H]2OC(=O)c2ccccc2)[C@H](OCc2ccccc2)[C@H]1OCc1ccccc1. The van der Waals surface area contributed by atoms with Crippen molar-refractivity contribution in [3.63, 3.8) is 0 Å². The lowest BCUT2D eigenvalue weighted by Crippen LogP contribution is -2.72. The number of azide groups is 1. The topological polar surface area (TPSA) is 343 Å². The highest BCUT2D eigenvalue weighted by Gasteiger charge is 2.63. The third-order valence-electron chi connectivity index (χ3n) is 26.0. The van der Waals surface area contributed by atoms with E-state index in [-0.39, 0.29) is 78.2 Å². The molecular weight excluding hydrogens is 2000 g/mol. The quantitative estimate of drug-likeness (QED) is 0.00706. The van der Waals surface area contributed by atoms with Gasteiger partial charge in [-0.2, -0.15) is 0 Å². The van der Waals surface area contributed by atoms with Crippen molar-refractivity contribution in [2.75, 3.05) is 52.1 Å². The van der Waals surface area contributed by atoms with E-state index in [1.165, 1.54) is 0 Å². The molecule has 0 unspecified atom stereocenters. The van der Waals surface area contributed by atoms with E-state index < -0.39 is 215 Å². The first-order valence-electron chi connectivity index (χ1n) is 49.1. The summed E-state index contributed by atoms with van der Waals surface area (Å²) in [6.07, 6.45) is -37.2. The lowest BCUT2D eigenvalue weighted by molar-refractivity contribution is -0.419. The van der Waals surface area contributed by atoms with Gasteiger partial charge in [0.25, 0.3) is 0 Å². The number of nitrogens with zero attached hydrogens (tertiary/aromatic N) is 3. The van der Waals surface area contributed by atoms with Gasteiger partial charge in [-0.1, -0.05) is 351 Å². The molecule has 1 N–H and O–H groups in total. The van der Waals surface area contributed by atoms with E-state index in [2.05, 4.69) is 35.0 Å². The Kier molecular flexibility index (Phi) is 38.1. The van der Waals surface area contributed by atoms with E-state index in [0.29, 0.717) is 34.4 Å². The number of fused-ring (bicyclic) bond motifs is 3. The summed E-state index contributed by atoms with van der Waals surface area (Å²) < 4.78 is 176. The molecule has 8 fully saturated rings. The molecule has 18 rings (SSSR count). The summed E-state index contributed by atoms with van der Waals surface area (Å²) in [6.45, 7) is 5.09. The summed E-state index contributed by atoms with van der Waals surface area (Å²) >= 11 is 25.5. The number of rotatable bonds is 42. The van der Waals surface area contributed by atoms with E-state index >= 15 is 9.59 Å². The van der Waals surface area contributed by atoms with Crippen molar-refractivity contribution in [3.05, 3.63) is 369 Å². The molecule has 8 aliphatic heterocycles. The largest absolute Gasteiger partial charge is 0.458 e. The molecule has 8 heterocycles. The Balaban J connectivity index is 0.782. The highest BCUT2D eigenvalue weighted by molar-refractivity contribution is 6.76. The average molecular weight is 2110 g/mol. The number of amides is 1. The highest BCUT2D eigenvalue weighted by atomic mass is 35.6. The summed E-state index contributed by atoms with van der Waals surface area (Å²) in [4.78, 5) is 48.4. The van der Waals surface area contributed by atoms with Crippen LogP contribution in [0.1, 0.15) is 79.3 Å². The normalized spacial score (nSPS) is 30.2. The number of hydrogen-bond donors (Lipinski definition) is 1. The van der Waals surface area contributed by atoms with Gasteiger partial charge in [-0.05, 0) is 57.1 Å². The van der Waals surface area contributed by atoms with Gasteiger partial charge in [0.15, 0.2) is 56.4 Å². The molecular formula is C110H118Cl4N4O28Si. The fourth-order valence-corrected chi connectivity index (χ4v) is 19.7. The minimum Gasteiger partial charge on any atom is -0.458 e. The molecule has 778 valence electrons. The Bertz CT molecular complexity index is 5760. The van der Waals surface area contributed by atoms with E-state index in [1.54, 1.807) is 78.9 Å². The van der Waals surface area contributed by atoms with Gasteiger partial charge in [0.05, 0.1) is 78.2 Å². The Morgan fingerprint density at radius 3 is 1.16 bits per heavy atom. The molecule has 28 atom stereocenters. The first kappa shape index (κ1) is 107. The van der Waals surface area contributed by atoms with Gasteiger partial charge < -0.3 is 124 Å². The number of halogens is 4. The maximum Gasteiger partial charge on any atom is 0.407 e. The van der Waals surface area contributed by atoms with Crippen LogP contribution in [0.3, 0.4) is 0 Å². The standard InChI is InChI=1S/C110H118Cl4N4O28Si/c1-147(2,3)55-54-124-106-97(127-61-73-42-22-8-23-43-73)94(125-59-71-38-18-6-19-39-71)89(79(135-106)63-122-57-69-34-14-4-15-35-69)144-108-99(139-100(120)75-46-26-10-27-47-75)95(126-60-72-40-20-7-21-41-72)90(80(136-108)64-123-58-70-36-16-5-17-37-70)143-107-98(128-62-74-44-24-9-25-45-74)96(91-83(137-107)67-131-103(142-91)78-52-32-13-33-53-78)146-104-85(116-109(121)132-68-110(112,113)114)92(87-81(133-104)65-129-101(140-87)76-48-28-11-29-49-76)145-105-86(117-118-115)93(138-84(119)56-111)88-82(134-105)66-130-102(141-88)77-50-30-12-31-51-77/h4-53,79-83,85-99,101-108H,54-68H2,1-3H3,(H,116,121)/t79-,80-,81-,82-,83-,85-,86-,87+,88+,89-,90+,91+,92-,93-,94+,95+,96+,97-,98-,99-,101+,102+,103+,104+,105-,106-,107-,108+/m1/s1. The van der Waals surface area contributed by atoms with Crippen LogP contribution in [0.15, 0.2) is 308 Å². The van der Waals surface area contributed by atoms with Crippen LogP contribution in [-0.2, 0) is 163 Å². The second-order valence-electron chi connectivity index (χ2n) is 37.8. The second-order valence-corrected chi connectivity index (χ2v) is 46.2. The Morgan fingerprint density at radius 1 is 0.388 bits per heavy atom. The van der Waals surface area contributed by atoms with Crippen LogP contribution in [0.25, 0.3) is 10.4 Å². The first-order chi connectivity index (χ1) is 71.7. The average Bonchev–Trinajstić information content (AvgIpc) is 0.743. The number of carbonyl (C=O) groups is 3. The zero-order valence-corrected chi connectivity index (χ0v) is 84.9. The van der Waals surface area contributed by atoms with Crippen LogP contribution < -0.4 is 5.32 Å². The lowest BCUT2D eigenvalue weighted by Gasteiger charge is -2.54. The van der Waals surface area contributed by atoms with Crippen molar-refractivity contribution >= 4 is 72.5 Å². The molecule has 0 bridgehead atoms. The van der Waals surface area contributed by atoms with Gasteiger partial charge >= 0.3 is 18.0 Å². The molecule has 0 radical (unpaired) electrons. The monoisotopic (exact) mass is 2110 g/mol. The van der Waals surface area contributed by atoms with Crippen LogP contribution in [0.2, 0.25) is 25.7 Å². The summed E-state index contributed by atoms with van der Waals surface area (Å²) in [7, 11) is -1.78. The molecule has 147 heavy (non-hydrogen) atoms. The smallest absolute Gasteiger partial charge is 0.407 e. The van der Waals surface area contributed by atoms with Crippen molar-refractivity contribution in [1.29, 1.82) is 0 Å². The van der Waals surface area contributed by atoms with E-state index in [0.717, 1.165) is 28.3 Å². The maximum absolute atomic E-state index is 15.9. The number of esters is 2. The number of benzene rings is 10. The molecule has 0 aliphatic carbocycles. The van der Waals surface area contributed by atoms with Crippen LogP contribution in [0.4, 0.5) is 4.79 Å². The summed E-state index contributed by atoms with van der Waals surface area (Å²) in [5.41, 5.74) is 17.4. The van der Waals surface area contributed by atoms with Gasteiger partial charge in [0.2, 0.25) is 3.79 Å². The molecule has 8 saturated heterocycles. The number of nitrogens with one attached hydrogen (secondary N) is 1. The number of hydrogen-bond acceptors (Lipinski definition) is 29. The third-order valence-corrected chi connectivity index (χ3v) is 28.3. The third kappa shape index (κ3) is 28.9. The molecule has 37 heteroatoms. The fourth-order valence-electron chi connectivity index (χ4n) is 18.8. The number of carbonyl (C=O) groups excluding carboxylic acids is 3. The highest BCUT2D eigenvalue weighted by Crippen LogP contribution is 2.47. The van der Waals surface area contributed by atoms with Crippen LogP contribution in [0.5, 0.6) is 0 Å². The molecule has 32 nitrogen and oxygen atoms in total. The van der Waals surface area contributed by atoms with Crippen molar-refractivity contribution in [2.24, 2.45) is 5.11 Å². The maximum atomic E-state index is 15.9. The van der Waals surface area contributed by atoms with Crippen molar-refractivity contribution < 1.29 is 133 Å². The predicted octanol–water partition coefficient (Wildman–Crippen LogP) is 18.1. The summed E-state index contributed by atoms with van der Waals surface area (Å²) in [5.74, 6) is -2.38. The van der Waals surface area contributed by atoms with E-state index in [1.807, 2.05) is 224 Å². The van der Waals surface area contributed by atoms with Gasteiger partial charge in [-0.3, -0.25) is 4.79 Å². The van der Waals surface area contributed by atoms with Gasteiger partial charge in [-0.15, -0.1) is 11.6 Å². The summed E-state index contributed by atoms with van der Waals surface area (Å²) in [6, 6.07) is 90.5. The van der Waals surface area contributed by atoms with Crippen LogP contribution in [-0.4, -0.2) is 235 Å². The van der Waals surface area contributed by atoms with Gasteiger partial charge in [0, 0.05) is 36.3 Å². The molecule has 10 aromatic carbocycles. The van der Waals surface area contributed by atoms with Crippen molar-refractivity contribution in [1.82, 2.24) is 5.32 Å². The zero-order chi connectivity index (χ0) is 101. The fraction of sp³-hybridized carbons (Fsp3) is 0.427. The predicted molar refractivity (Wildman–Crippen MR) is 537 cm³/mol. The second kappa shape index (κ2) is 52.3. The molecule has 0 spiro atoms. The van der Waals surface area contributed by atoms with Gasteiger partial charge in [0.1, 0.15) is 128 Å². The van der Waals surface area contributed by atoms with E-state index in [9.17, 15) is 10.3 Å². The van der Waals surface area contributed by atoms with E-state index in [4.69, 9.17) is 165 Å². The number of alkyl halides is 4. The zero-order valence-electron chi connectivity index (χ0n) is 80.9. The van der Waals surface area contributed by atoms with Gasteiger partial charge in [-0.25, -0.2) is 9.59 Å². The van der Waals surface area contributed by atoms with Crippen molar-refractivity contribution in [2.45, 2.75) is 241 Å². The Labute approximate surface area is 873 Å². The number of ether oxygens (including phenoxy) is 25.